The van der Waals surface area contributed by atoms with Gasteiger partial charge >= 0.3 is 0 Å². The number of aromatic amines is 1. The molecular weight excluding hydrogens is 564 g/mol. The zero-order chi connectivity index (χ0) is 31.4. The number of H-pyrrole nitrogens is 1. The van der Waals surface area contributed by atoms with E-state index in [0.29, 0.717) is 29.7 Å². The number of nitrogens with one attached hydrogen (secondary N) is 3. The van der Waals surface area contributed by atoms with Gasteiger partial charge in [-0.3, -0.25) is 9.59 Å². The van der Waals surface area contributed by atoms with Crippen LogP contribution < -0.4 is 10.6 Å². The SMILES string of the molecule is CC1=C(NC=O)C(c2ccc3[nH]c(O)nc3c2)C(N(C=O)CCCN2CCC(c3ccccc3)(c3ccccc3)CC2)=C(C)N1. The Hall–Kier alpha value is -4.89. The second-order valence-electron chi connectivity index (χ2n) is 12.0. The van der Waals surface area contributed by atoms with Crippen molar-refractivity contribution in [2.45, 2.75) is 44.4 Å². The van der Waals surface area contributed by atoms with Gasteiger partial charge in [0.15, 0.2) is 0 Å². The van der Waals surface area contributed by atoms with E-state index in [1.54, 1.807) is 4.90 Å². The molecule has 0 bridgehead atoms. The summed E-state index contributed by atoms with van der Waals surface area (Å²) in [5, 5.41) is 16.1. The lowest BCUT2D eigenvalue weighted by Gasteiger charge is -2.43. The van der Waals surface area contributed by atoms with E-state index < -0.39 is 5.92 Å². The van der Waals surface area contributed by atoms with Crippen LogP contribution in [0.25, 0.3) is 11.0 Å². The quantitative estimate of drug-likeness (QED) is 0.177. The summed E-state index contributed by atoms with van der Waals surface area (Å²) in [6.07, 6.45) is 4.42. The Bertz CT molecular complexity index is 1680. The van der Waals surface area contributed by atoms with Gasteiger partial charge in [-0.05, 0) is 81.6 Å². The first kappa shape index (κ1) is 30.1. The molecule has 45 heavy (non-hydrogen) atoms. The normalized spacial score (nSPS) is 18.5. The molecule has 4 aromatic rings. The van der Waals surface area contributed by atoms with Crippen molar-refractivity contribution in [1.82, 2.24) is 30.4 Å². The summed E-state index contributed by atoms with van der Waals surface area (Å²) in [6, 6.07) is 27.2. The molecule has 9 nitrogen and oxygen atoms in total. The molecule has 2 aliphatic heterocycles. The Morgan fingerprint density at radius 3 is 2.27 bits per heavy atom. The maximum absolute atomic E-state index is 12.7. The van der Waals surface area contributed by atoms with Gasteiger partial charge in [0.2, 0.25) is 12.8 Å². The van der Waals surface area contributed by atoms with Crippen LogP contribution in [0, 0.1) is 0 Å². The molecule has 1 saturated heterocycles. The summed E-state index contributed by atoms with van der Waals surface area (Å²) >= 11 is 0. The smallest absolute Gasteiger partial charge is 0.292 e. The molecule has 0 spiro atoms. The minimum atomic E-state index is -0.405. The van der Waals surface area contributed by atoms with E-state index in [1.165, 1.54) is 11.1 Å². The van der Waals surface area contributed by atoms with Gasteiger partial charge in [0.05, 0.1) is 28.3 Å². The van der Waals surface area contributed by atoms with Gasteiger partial charge < -0.3 is 30.5 Å². The summed E-state index contributed by atoms with van der Waals surface area (Å²) in [4.78, 5) is 35.6. The highest BCUT2D eigenvalue weighted by Gasteiger charge is 2.38. The molecule has 0 aliphatic carbocycles. The minimum Gasteiger partial charge on any atom is -0.480 e. The number of likely N-dealkylation sites (tertiary alicyclic amines) is 1. The Kier molecular flexibility index (Phi) is 8.71. The monoisotopic (exact) mass is 604 g/mol. The fraction of sp³-hybridized carbons (Fsp3) is 0.306. The fourth-order valence-electron chi connectivity index (χ4n) is 7.24. The second-order valence-corrected chi connectivity index (χ2v) is 12.0. The van der Waals surface area contributed by atoms with E-state index in [4.69, 9.17) is 0 Å². The van der Waals surface area contributed by atoms with E-state index in [9.17, 15) is 14.7 Å². The number of piperidine rings is 1. The molecule has 1 fully saturated rings. The van der Waals surface area contributed by atoms with E-state index >= 15 is 0 Å². The third-order valence-corrected chi connectivity index (χ3v) is 9.44. The number of fused-ring (bicyclic) bond motifs is 1. The lowest BCUT2D eigenvalue weighted by molar-refractivity contribution is -0.116. The number of allylic oxidation sites excluding steroid dienone is 2. The number of carbonyl (C=O) groups excluding carboxylic acids is 2. The van der Waals surface area contributed by atoms with E-state index in [1.807, 2.05) is 32.0 Å². The van der Waals surface area contributed by atoms with Crippen molar-refractivity contribution in [2.75, 3.05) is 26.2 Å². The van der Waals surface area contributed by atoms with Crippen molar-refractivity contribution in [1.29, 1.82) is 0 Å². The zero-order valence-electron chi connectivity index (χ0n) is 25.8. The number of hydrogen-bond acceptors (Lipinski definition) is 6. The number of imidazole rings is 1. The van der Waals surface area contributed by atoms with Crippen LogP contribution in [0.1, 0.15) is 55.7 Å². The van der Waals surface area contributed by atoms with Crippen LogP contribution in [0.15, 0.2) is 102 Å². The summed E-state index contributed by atoms with van der Waals surface area (Å²) in [5.41, 5.74) is 8.00. The Morgan fingerprint density at radius 1 is 0.978 bits per heavy atom. The van der Waals surface area contributed by atoms with Gasteiger partial charge in [0.1, 0.15) is 0 Å². The summed E-state index contributed by atoms with van der Waals surface area (Å²) in [7, 11) is 0. The highest BCUT2D eigenvalue weighted by molar-refractivity contribution is 5.77. The molecule has 232 valence electrons. The zero-order valence-corrected chi connectivity index (χ0v) is 25.8. The standard InChI is InChI=1S/C36H40N6O3/c1-25-33(37-23-43)32(27-14-15-30-31(22-27)40-35(45)39-30)34(26(2)38-25)42(24-44)19-9-18-41-20-16-36(17-21-41,28-10-5-3-6-11-28)29-12-7-4-8-13-29/h3-8,10-15,22-24,32,38H,9,16-21H2,1-2H3,(H,37,43)(H2,39,40,45). The van der Waals surface area contributed by atoms with Gasteiger partial charge in [-0.15, -0.1) is 0 Å². The van der Waals surface area contributed by atoms with Gasteiger partial charge in [-0.1, -0.05) is 66.7 Å². The molecule has 1 aromatic heterocycles. The fourth-order valence-corrected chi connectivity index (χ4v) is 7.24. The molecule has 3 heterocycles. The molecule has 0 saturated carbocycles. The number of nitrogens with zero attached hydrogens (tertiary/aromatic N) is 3. The predicted octanol–water partition coefficient (Wildman–Crippen LogP) is 5.09. The van der Waals surface area contributed by atoms with Gasteiger partial charge in [0, 0.05) is 23.4 Å². The number of hydrogen-bond donors (Lipinski definition) is 4. The molecule has 9 heteroatoms. The van der Waals surface area contributed by atoms with Crippen molar-refractivity contribution >= 4 is 23.9 Å². The number of aromatic hydroxyl groups is 1. The number of rotatable bonds is 11. The molecule has 1 unspecified atom stereocenters. The van der Waals surface area contributed by atoms with Crippen LogP contribution in [0.2, 0.25) is 0 Å². The van der Waals surface area contributed by atoms with Crippen molar-refractivity contribution < 1.29 is 14.7 Å². The molecule has 6 rings (SSSR count). The number of carbonyl (C=O) groups is 2. The van der Waals surface area contributed by atoms with E-state index in [-0.39, 0.29) is 11.4 Å². The largest absolute Gasteiger partial charge is 0.480 e. The lowest BCUT2D eigenvalue weighted by atomic mass is 9.68. The van der Waals surface area contributed by atoms with Crippen LogP contribution in [-0.2, 0) is 15.0 Å². The molecular formula is C36H40N6O3. The third kappa shape index (κ3) is 5.95. The number of benzene rings is 3. The number of aromatic nitrogens is 2. The highest BCUT2D eigenvalue weighted by Crippen LogP contribution is 2.42. The van der Waals surface area contributed by atoms with Crippen molar-refractivity contribution in [3.63, 3.8) is 0 Å². The first-order valence-corrected chi connectivity index (χ1v) is 15.6. The molecule has 1 atom stereocenters. The van der Waals surface area contributed by atoms with Gasteiger partial charge in [-0.25, -0.2) is 0 Å². The maximum Gasteiger partial charge on any atom is 0.292 e. The second kappa shape index (κ2) is 13.0. The topological polar surface area (TPSA) is 114 Å². The molecule has 0 radical (unpaired) electrons. The van der Waals surface area contributed by atoms with Crippen LogP contribution in [0.4, 0.5) is 0 Å². The summed E-state index contributed by atoms with van der Waals surface area (Å²) in [6.45, 7) is 7.22. The first-order valence-electron chi connectivity index (χ1n) is 15.6. The minimum absolute atomic E-state index is 0.00480. The van der Waals surface area contributed by atoms with Gasteiger partial charge in [0.25, 0.3) is 6.01 Å². The number of amides is 2. The van der Waals surface area contributed by atoms with Crippen molar-refractivity contribution in [3.8, 4) is 6.01 Å². The van der Waals surface area contributed by atoms with Crippen LogP contribution in [0.5, 0.6) is 6.01 Å². The van der Waals surface area contributed by atoms with Crippen LogP contribution >= 0.6 is 0 Å². The van der Waals surface area contributed by atoms with Crippen molar-refractivity contribution in [2.24, 2.45) is 0 Å². The lowest BCUT2D eigenvalue weighted by Crippen LogP contribution is -2.44. The van der Waals surface area contributed by atoms with Gasteiger partial charge in [-0.2, -0.15) is 4.98 Å². The predicted molar refractivity (Wildman–Crippen MR) is 175 cm³/mol. The molecule has 4 N–H and O–H groups in total. The Morgan fingerprint density at radius 2 is 1.64 bits per heavy atom. The summed E-state index contributed by atoms with van der Waals surface area (Å²) < 4.78 is 0. The molecule has 3 aromatic carbocycles. The average Bonchev–Trinajstić information content (AvgIpc) is 3.45. The van der Waals surface area contributed by atoms with Crippen LogP contribution in [0.3, 0.4) is 0 Å². The number of dihydropyridines is 1. The molecule has 2 amide bonds. The Balaban J connectivity index is 1.18. The van der Waals surface area contributed by atoms with Crippen LogP contribution in [-0.4, -0.2) is 63.9 Å². The average molecular weight is 605 g/mol. The van der Waals surface area contributed by atoms with E-state index in [0.717, 1.165) is 68.0 Å². The van der Waals surface area contributed by atoms with E-state index in [2.05, 4.69) is 86.2 Å². The first-order chi connectivity index (χ1) is 21.9. The highest BCUT2D eigenvalue weighted by atomic mass is 16.3. The summed E-state index contributed by atoms with van der Waals surface area (Å²) in [5.74, 6) is -0.405. The molecule has 2 aliphatic rings. The van der Waals surface area contributed by atoms with Crippen molar-refractivity contribution in [3.05, 3.63) is 118 Å². The third-order valence-electron chi connectivity index (χ3n) is 9.44. The Labute approximate surface area is 263 Å². The maximum atomic E-state index is 12.7.